The van der Waals surface area contributed by atoms with Crippen molar-refractivity contribution in [3.05, 3.63) is 35.4 Å². The minimum absolute atomic E-state index is 0.0599. The van der Waals surface area contributed by atoms with Gasteiger partial charge in [0.05, 0.1) is 13.5 Å². The van der Waals surface area contributed by atoms with Crippen LogP contribution in [0.2, 0.25) is 0 Å². The maximum absolute atomic E-state index is 12.2. The van der Waals surface area contributed by atoms with Gasteiger partial charge in [-0.3, -0.25) is 9.59 Å². The Bertz CT molecular complexity index is 570. The molecule has 1 amide bonds. The lowest BCUT2D eigenvalue weighted by Gasteiger charge is -2.19. The summed E-state index contributed by atoms with van der Waals surface area (Å²) in [5.74, 6) is -2.63. The van der Waals surface area contributed by atoms with Gasteiger partial charge >= 0.3 is 11.9 Å². The van der Waals surface area contributed by atoms with Crippen molar-refractivity contribution in [2.24, 2.45) is 5.92 Å². The molecule has 0 aliphatic heterocycles. The summed E-state index contributed by atoms with van der Waals surface area (Å²) in [6.07, 6.45) is 0.560. The molecule has 0 aliphatic carbocycles. The number of hydrogen-bond donors (Lipinski definition) is 2. The fourth-order valence-electron chi connectivity index (χ4n) is 2.27. The number of carbonyl (C=O) groups is 3. The van der Waals surface area contributed by atoms with Gasteiger partial charge in [0.1, 0.15) is 6.04 Å². The summed E-state index contributed by atoms with van der Waals surface area (Å²) in [4.78, 5) is 34.9. The summed E-state index contributed by atoms with van der Waals surface area (Å²) in [5.41, 5.74) is 1.86. The van der Waals surface area contributed by atoms with E-state index in [1.165, 1.54) is 7.11 Å². The van der Waals surface area contributed by atoms with E-state index in [1.807, 2.05) is 31.2 Å². The van der Waals surface area contributed by atoms with E-state index in [4.69, 9.17) is 0 Å². The van der Waals surface area contributed by atoms with E-state index in [2.05, 4.69) is 10.1 Å². The van der Waals surface area contributed by atoms with Crippen LogP contribution in [0.4, 0.5) is 0 Å². The van der Waals surface area contributed by atoms with Crippen molar-refractivity contribution < 1.29 is 24.2 Å². The van der Waals surface area contributed by atoms with E-state index in [1.54, 1.807) is 6.92 Å². The van der Waals surface area contributed by atoms with Crippen LogP contribution in [0.15, 0.2) is 24.3 Å². The first-order valence-corrected chi connectivity index (χ1v) is 7.52. The second-order valence-electron chi connectivity index (χ2n) is 5.48. The fraction of sp³-hybridized carbons (Fsp3) is 0.471. The first-order chi connectivity index (χ1) is 10.9. The third-order valence-electron chi connectivity index (χ3n) is 3.64. The van der Waals surface area contributed by atoms with Crippen LogP contribution in [-0.4, -0.2) is 36.1 Å². The summed E-state index contributed by atoms with van der Waals surface area (Å²) in [6.45, 7) is 3.69. The molecule has 0 radical (unpaired) electrons. The Labute approximate surface area is 135 Å². The predicted molar refractivity (Wildman–Crippen MR) is 84.9 cm³/mol. The Kier molecular flexibility index (Phi) is 7.25. The smallest absolute Gasteiger partial charge is 0.326 e. The molecule has 0 aliphatic rings. The summed E-state index contributed by atoms with van der Waals surface area (Å²) in [6, 6.07) is 6.43. The minimum atomic E-state index is -1.10. The number of hydrogen-bond acceptors (Lipinski definition) is 4. The van der Waals surface area contributed by atoms with Gasteiger partial charge < -0.3 is 15.2 Å². The average molecular weight is 321 g/mol. The molecule has 0 saturated carbocycles. The molecular weight excluding hydrogens is 298 g/mol. The van der Waals surface area contributed by atoms with Gasteiger partial charge in [0.25, 0.3) is 0 Å². The van der Waals surface area contributed by atoms with Crippen molar-refractivity contribution in [1.82, 2.24) is 5.32 Å². The van der Waals surface area contributed by atoms with Crippen LogP contribution >= 0.6 is 0 Å². The number of esters is 1. The van der Waals surface area contributed by atoms with Crippen LogP contribution in [0, 0.1) is 12.8 Å². The quantitative estimate of drug-likeness (QED) is 0.711. The predicted octanol–water partition coefficient (Wildman–Crippen LogP) is 1.70. The number of rotatable bonds is 8. The third-order valence-corrected chi connectivity index (χ3v) is 3.64. The van der Waals surface area contributed by atoms with Crippen molar-refractivity contribution in [3.8, 4) is 0 Å². The Morgan fingerprint density at radius 1 is 1.30 bits per heavy atom. The van der Waals surface area contributed by atoms with Crippen molar-refractivity contribution in [3.63, 3.8) is 0 Å². The molecule has 2 N–H and O–H groups in total. The Morgan fingerprint density at radius 2 is 2.00 bits per heavy atom. The van der Waals surface area contributed by atoms with Crippen LogP contribution in [0.3, 0.4) is 0 Å². The van der Waals surface area contributed by atoms with E-state index >= 15 is 0 Å². The highest BCUT2D eigenvalue weighted by molar-refractivity contribution is 5.87. The molecule has 0 unspecified atom stereocenters. The van der Waals surface area contributed by atoms with Crippen molar-refractivity contribution in [1.29, 1.82) is 0 Å². The fourth-order valence-corrected chi connectivity index (χ4v) is 2.27. The highest BCUT2D eigenvalue weighted by Crippen LogP contribution is 2.12. The summed E-state index contributed by atoms with van der Waals surface area (Å²) in [7, 11) is 1.25. The van der Waals surface area contributed by atoms with Crippen LogP contribution in [-0.2, 0) is 25.5 Å². The van der Waals surface area contributed by atoms with Crippen molar-refractivity contribution in [2.75, 3.05) is 7.11 Å². The molecule has 0 saturated heterocycles. The molecule has 0 fully saturated rings. The zero-order valence-corrected chi connectivity index (χ0v) is 13.7. The Morgan fingerprint density at radius 3 is 2.52 bits per heavy atom. The number of aryl methyl sites for hydroxylation is 1. The number of nitrogens with one attached hydrogen (secondary N) is 1. The van der Waals surface area contributed by atoms with Crippen molar-refractivity contribution in [2.45, 2.75) is 39.2 Å². The van der Waals surface area contributed by atoms with E-state index < -0.39 is 29.8 Å². The van der Waals surface area contributed by atoms with Gasteiger partial charge in [-0.2, -0.15) is 0 Å². The molecule has 23 heavy (non-hydrogen) atoms. The minimum Gasteiger partial charge on any atom is -0.480 e. The Hall–Kier alpha value is -2.37. The topological polar surface area (TPSA) is 92.7 Å². The molecule has 6 nitrogen and oxygen atoms in total. The first-order valence-electron chi connectivity index (χ1n) is 7.52. The second kappa shape index (κ2) is 8.92. The summed E-state index contributed by atoms with van der Waals surface area (Å²) < 4.78 is 4.56. The van der Waals surface area contributed by atoms with E-state index in [9.17, 15) is 19.5 Å². The van der Waals surface area contributed by atoms with Gasteiger partial charge in [-0.25, -0.2) is 4.79 Å². The molecule has 0 heterocycles. The number of methoxy groups -OCH3 is 1. The molecule has 1 aromatic carbocycles. The number of aliphatic carboxylic acids is 1. The molecule has 1 aromatic rings. The molecule has 0 spiro atoms. The van der Waals surface area contributed by atoms with Gasteiger partial charge in [-0.1, -0.05) is 36.8 Å². The summed E-state index contributed by atoms with van der Waals surface area (Å²) >= 11 is 0. The number of carboxylic acid groups (broad SMARTS) is 1. The molecule has 0 aromatic heterocycles. The lowest BCUT2D eigenvalue weighted by molar-refractivity contribution is -0.145. The lowest BCUT2D eigenvalue weighted by atomic mass is 9.99. The second-order valence-corrected chi connectivity index (χ2v) is 5.48. The van der Waals surface area contributed by atoms with Crippen LogP contribution in [0.25, 0.3) is 0 Å². The molecule has 0 bridgehead atoms. The zero-order chi connectivity index (χ0) is 17.4. The number of benzene rings is 1. The highest BCUT2D eigenvalue weighted by atomic mass is 16.5. The van der Waals surface area contributed by atoms with Crippen molar-refractivity contribution >= 4 is 17.8 Å². The zero-order valence-electron chi connectivity index (χ0n) is 13.7. The molecule has 1 rings (SSSR count). The van der Waals surface area contributed by atoms with E-state index in [0.29, 0.717) is 6.42 Å². The van der Waals surface area contributed by atoms with Gasteiger partial charge in [0.15, 0.2) is 0 Å². The number of carboxylic acids is 1. The Balaban J connectivity index is 2.76. The summed E-state index contributed by atoms with van der Waals surface area (Å²) in [5, 5.41) is 11.8. The number of ether oxygens (including phenoxy) is 1. The molecule has 2 atom stereocenters. The third kappa shape index (κ3) is 6.10. The maximum atomic E-state index is 12.2. The van der Waals surface area contributed by atoms with Gasteiger partial charge in [-0.15, -0.1) is 0 Å². The SMILES string of the molecule is CC[C@@H](CC(=O)OC)C(=O)N[C@H](Cc1cccc(C)c1)C(=O)O. The normalized spacial score (nSPS) is 13.0. The molecule has 6 heteroatoms. The standard InChI is InChI=1S/C17H23NO5/c1-4-13(10-15(19)23-3)16(20)18-14(17(21)22)9-12-7-5-6-11(2)8-12/h5-8,13-14H,4,9-10H2,1-3H3,(H,18,20)(H,21,22)/t13-,14+/m0/s1. The number of carbonyl (C=O) groups excluding carboxylic acids is 2. The number of amides is 1. The molecule has 126 valence electrons. The largest absolute Gasteiger partial charge is 0.480 e. The monoisotopic (exact) mass is 321 g/mol. The maximum Gasteiger partial charge on any atom is 0.326 e. The van der Waals surface area contributed by atoms with Crippen LogP contribution in [0.1, 0.15) is 30.9 Å². The van der Waals surface area contributed by atoms with Gasteiger partial charge in [0, 0.05) is 12.3 Å². The lowest BCUT2D eigenvalue weighted by Crippen LogP contribution is -2.45. The van der Waals surface area contributed by atoms with Crippen LogP contribution < -0.4 is 5.32 Å². The average Bonchev–Trinajstić information content (AvgIpc) is 2.51. The van der Waals surface area contributed by atoms with Gasteiger partial charge in [-0.05, 0) is 18.9 Å². The van der Waals surface area contributed by atoms with Crippen LogP contribution in [0.5, 0.6) is 0 Å². The van der Waals surface area contributed by atoms with Gasteiger partial charge in [0.2, 0.25) is 5.91 Å². The van der Waals surface area contributed by atoms with E-state index in [-0.39, 0.29) is 12.8 Å². The highest BCUT2D eigenvalue weighted by Gasteiger charge is 2.26. The van der Waals surface area contributed by atoms with E-state index in [0.717, 1.165) is 11.1 Å². The first kappa shape index (κ1) is 18.7. The molecular formula is C17H23NO5.